The first-order chi connectivity index (χ1) is 8.74. The van der Waals surface area contributed by atoms with Crippen LogP contribution in [-0.4, -0.2) is 49.6 Å². The summed E-state index contributed by atoms with van der Waals surface area (Å²) in [5, 5.41) is 6.44. The van der Waals surface area contributed by atoms with Crippen LogP contribution in [0.1, 0.15) is 39.0 Å². The Morgan fingerprint density at radius 3 is 2.60 bits per heavy atom. The summed E-state index contributed by atoms with van der Waals surface area (Å²) in [7, 11) is 0. The standard InChI is InChI=1S/C14H27N3O.2ClH/c1-12(11-17-7-2-3-8-17)10-16-14(18)9-13-5-4-6-15-13;;/h12-13,15H,2-11H2,1H3,(H,16,18);2*1H. The number of rotatable bonds is 6. The Bertz CT molecular complexity index is 267. The monoisotopic (exact) mass is 325 g/mol. The number of hydrogen-bond donors (Lipinski definition) is 2. The van der Waals surface area contributed by atoms with Crippen LogP contribution in [0.4, 0.5) is 0 Å². The minimum atomic E-state index is 0. The smallest absolute Gasteiger partial charge is 0.221 e. The molecular formula is C14H29Cl2N3O. The summed E-state index contributed by atoms with van der Waals surface area (Å²) in [4.78, 5) is 14.3. The average molecular weight is 326 g/mol. The predicted molar refractivity (Wildman–Crippen MR) is 88.0 cm³/mol. The summed E-state index contributed by atoms with van der Waals surface area (Å²) in [6.07, 6.45) is 5.69. The van der Waals surface area contributed by atoms with Crippen molar-refractivity contribution in [1.29, 1.82) is 0 Å². The average Bonchev–Trinajstić information content (AvgIpc) is 2.99. The lowest BCUT2D eigenvalue weighted by atomic mass is 10.1. The van der Waals surface area contributed by atoms with Gasteiger partial charge in [0.1, 0.15) is 0 Å². The lowest BCUT2D eigenvalue weighted by Gasteiger charge is -2.20. The van der Waals surface area contributed by atoms with E-state index in [4.69, 9.17) is 0 Å². The fourth-order valence-electron chi connectivity index (χ4n) is 2.99. The highest BCUT2D eigenvalue weighted by molar-refractivity contribution is 5.85. The minimum absolute atomic E-state index is 0. The van der Waals surface area contributed by atoms with Gasteiger partial charge < -0.3 is 15.5 Å². The van der Waals surface area contributed by atoms with E-state index in [0.29, 0.717) is 18.4 Å². The number of nitrogens with one attached hydrogen (secondary N) is 2. The first kappa shape index (κ1) is 20.0. The number of amides is 1. The van der Waals surface area contributed by atoms with Crippen molar-refractivity contribution < 1.29 is 4.79 Å². The van der Waals surface area contributed by atoms with E-state index < -0.39 is 0 Å². The fourth-order valence-corrected chi connectivity index (χ4v) is 2.99. The van der Waals surface area contributed by atoms with Crippen LogP contribution in [0.15, 0.2) is 0 Å². The first-order valence-corrected chi connectivity index (χ1v) is 7.46. The van der Waals surface area contributed by atoms with E-state index in [2.05, 4.69) is 22.5 Å². The zero-order chi connectivity index (χ0) is 12.8. The van der Waals surface area contributed by atoms with E-state index in [-0.39, 0.29) is 30.7 Å². The normalized spacial score (nSPS) is 23.8. The van der Waals surface area contributed by atoms with Gasteiger partial charge in [-0.1, -0.05) is 6.92 Å². The molecule has 0 aromatic rings. The van der Waals surface area contributed by atoms with Crippen LogP contribution in [0.2, 0.25) is 0 Å². The Labute approximate surface area is 135 Å². The Morgan fingerprint density at radius 2 is 2.00 bits per heavy atom. The molecule has 2 heterocycles. The number of halogens is 2. The van der Waals surface area contributed by atoms with Gasteiger partial charge in [-0.05, 0) is 51.2 Å². The maximum Gasteiger partial charge on any atom is 0.221 e. The molecule has 6 heteroatoms. The van der Waals surface area contributed by atoms with E-state index in [1.54, 1.807) is 0 Å². The number of likely N-dealkylation sites (tertiary alicyclic amines) is 1. The van der Waals surface area contributed by atoms with Crippen molar-refractivity contribution in [2.24, 2.45) is 5.92 Å². The number of carbonyl (C=O) groups is 1. The molecule has 0 radical (unpaired) electrons. The Kier molecular flexibility index (Phi) is 10.6. The number of carbonyl (C=O) groups excluding carboxylic acids is 1. The van der Waals surface area contributed by atoms with Gasteiger partial charge in [0.2, 0.25) is 5.91 Å². The topological polar surface area (TPSA) is 44.4 Å². The first-order valence-electron chi connectivity index (χ1n) is 7.46. The van der Waals surface area contributed by atoms with Gasteiger partial charge in [0.05, 0.1) is 0 Å². The Balaban J connectivity index is 0.00000180. The maximum atomic E-state index is 11.8. The quantitative estimate of drug-likeness (QED) is 0.783. The summed E-state index contributed by atoms with van der Waals surface area (Å²) in [6, 6.07) is 0.416. The van der Waals surface area contributed by atoms with Crippen LogP contribution in [0.25, 0.3) is 0 Å². The summed E-state index contributed by atoms with van der Waals surface area (Å²) in [5.41, 5.74) is 0. The summed E-state index contributed by atoms with van der Waals surface area (Å²) < 4.78 is 0. The van der Waals surface area contributed by atoms with Gasteiger partial charge >= 0.3 is 0 Å². The van der Waals surface area contributed by atoms with E-state index >= 15 is 0 Å². The molecule has 0 aliphatic carbocycles. The van der Waals surface area contributed by atoms with Gasteiger partial charge in [0, 0.05) is 25.6 Å². The molecule has 20 heavy (non-hydrogen) atoms. The van der Waals surface area contributed by atoms with Crippen LogP contribution < -0.4 is 10.6 Å². The second-order valence-corrected chi connectivity index (χ2v) is 5.91. The SMILES string of the molecule is CC(CNC(=O)CC1CCCN1)CN1CCCC1.Cl.Cl. The maximum absolute atomic E-state index is 11.8. The Morgan fingerprint density at radius 1 is 1.30 bits per heavy atom. The molecule has 4 nitrogen and oxygen atoms in total. The second-order valence-electron chi connectivity index (χ2n) is 5.91. The molecule has 2 fully saturated rings. The van der Waals surface area contributed by atoms with E-state index in [1.165, 1.54) is 32.4 Å². The summed E-state index contributed by atoms with van der Waals surface area (Å²) >= 11 is 0. The molecule has 1 amide bonds. The molecule has 2 rings (SSSR count). The van der Waals surface area contributed by atoms with Gasteiger partial charge in [0.15, 0.2) is 0 Å². The zero-order valence-corrected chi connectivity index (χ0v) is 14.0. The van der Waals surface area contributed by atoms with Gasteiger partial charge in [-0.2, -0.15) is 0 Å². The molecule has 120 valence electrons. The molecule has 2 unspecified atom stereocenters. The van der Waals surface area contributed by atoms with Gasteiger partial charge in [-0.15, -0.1) is 24.8 Å². The van der Waals surface area contributed by atoms with Crippen molar-refractivity contribution in [2.45, 2.75) is 45.1 Å². The highest BCUT2D eigenvalue weighted by atomic mass is 35.5. The number of hydrogen-bond acceptors (Lipinski definition) is 3. The van der Waals surface area contributed by atoms with E-state index in [9.17, 15) is 4.79 Å². The van der Waals surface area contributed by atoms with Crippen LogP contribution in [0, 0.1) is 5.92 Å². The highest BCUT2D eigenvalue weighted by Crippen LogP contribution is 2.10. The van der Waals surface area contributed by atoms with Gasteiger partial charge in [-0.25, -0.2) is 0 Å². The molecule has 0 aromatic carbocycles. The van der Waals surface area contributed by atoms with Crippen molar-refractivity contribution in [3.8, 4) is 0 Å². The van der Waals surface area contributed by atoms with Gasteiger partial charge in [0.25, 0.3) is 0 Å². The van der Waals surface area contributed by atoms with E-state index in [0.717, 1.165) is 26.1 Å². The second kappa shape index (κ2) is 10.7. The van der Waals surface area contributed by atoms with Crippen LogP contribution in [0.5, 0.6) is 0 Å². The molecule has 2 atom stereocenters. The fraction of sp³-hybridized carbons (Fsp3) is 0.929. The lowest BCUT2D eigenvalue weighted by molar-refractivity contribution is -0.121. The minimum Gasteiger partial charge on any atom is -0.356 e. The van der Waals surface area contributed by atoms with Crippen LogP contribution in [0.3, 0.4) is 0 Å². The van der Waals surface area contributed by atoms with Crippen molar-refractivity contribution in [3.63, 3.8) is 0 Å². The Hall–Kier alpha value is -0.0300. The van der Waals surface area contributed by atoms with Crippen molar-refractivity contribution in [3.05, 3.63) is 0 Å². The molecular weight excluding hydrogens is 297 g/mol. The van der Waals surface area contributed by atoms with Crippen molar-refractivity contribution >= 4 is 30.7 Å². The van der Waals surface area contributed by atoms with Crippen molar-refractivity contribution in [2.75, 3.05) is 32.7 Å². The zero-order valence-electron chi connectivity index (χ0n) is 12.4. The lowest BCUT2D eigenvalue weighted by Crippen LogP contribution is -2.37. The van der Waals surface area contributed by atoms with Crippen molar-refractivity contribution in [1.82, 2.24) is 15.5 Å². The third-order valence-electron chi connectivity index (χ3n) is 4.01. The van der Waals surface area contributed by atoms with Gasteiger partial charge in [-0.3, -0.25) is 4.79 Å². The summed E-state index contributed by atoms with van der Waals surface area (Å²) in [6.45, 7) is 7.73. The summed E-state index contributed by atoms with van der Waals surface area (Å²) in [5.74, 6) is 0.770. The molecule has 0 saturated carbocycles. The number of nitrogens with zero attached hydrogens (tertiary/aromatic N) is 1. The highest BCUT2D eigenvalue weighted by Gasteiger charge is 2.18. The molecule has 2 saturated heterocycles. The third kappa shape index (κ3) is 7.11. The predicted octanol–water partition coefficient (Wildman–Crippen LogP) is 1.82. The van der Waals surface area contributed by atoms with E-state index in [1.807, 2.05) is 0 Å². The van der Waals surface area contributed by atoms with Crippen LogP contribution >= 0.6 is 24.8 Å². The third-order valence-corrected chi connectivity index (χ3v) is 4.01. The molecule has 0 bridgehead atoms. The molecule has 2 N–H and O–H groups in total. The molecule has 0 spiro atoms. The largest absolute Gasteiger partial charge is 0.356 e. The van der Waals surface area contributed by atoms with Crippen LogP contribution in [-0.2, 0) is 4.79 Å². The molecule has 2 aliphatic rings. The molecule has 2 aliphatic heterocycles. The molecule has 0 aromatic heterocycles.